The zero-order valence-corrected chi connectivity index (χ0v) is 9.12. The number of hydrogen-bond acceptors (Lipinski definition) is 4. The number of carbonyl (C=O) groups excluding carboxylic acids is 1. The van der Waals surface area contributed by atoms with Crippen LogP contribution in [0.2, 0.25) is 0 Å². The van der Waals surface area contributed by atoms with Crippen molar-refractivity contribution < 1.29 is 23.9 Å². The van der Waals surface area contributed by atoms with Crippen LogP contribution < -0.4 is 5.11 Å². The lowest BCUT2D eigenvalue weighted by Crippen LogP contribution is -2.48. The molecule has 0 N–H and O–H groups in total. The van der Waals surface area contributed by atoms with Gasteiger partial charge in [-0.15, -0.1) is 0 Å². The Morgan fingerprint density at radius 1 is 1.43 bits per heavy atom. The molecule has 1 fully saturated rings. The van der Waals surface area contributed by atoms with Crippen LogP contribution in [0.3, 0.4) is 0 Å². The van der Waals surface area contributed by atoms with E-state index in [1.807, 2.05) is 0 Å². The molecule has 0 aromatic carbocycles. The Labute approximate surface area is 84.8 Å². The highest BCUT2D eigenvalue weighted by molar-refractivity contribution is 5.65. The maximum atomic E-state index is 9.36. The highest BCUT2D eigenvalue weighted by Crippen LogP contribution is 2.00. The SMILES string of the molecule is COCC(=O)[O-].C[N+]1(C)CCOCC1. The van der Waals surface area contributed by atoms with E-state index in [0.29, 0.717) is 0 Å². The summed E-state index contributed by atoms with van der Waals surface area (Å²) in [7, 11) is 5.78. The fourth-order valence-electron chi connectivity index (χ4n) is 0.955. The van der Waals surface area contributed by atoms with Crippen molar-refractivity contribution in [3.8, 4) is 0 Å². The number of carbonyl (C=O) groups is 1. The molecule has 5 nitrogen and oxygen atoms in total. The molecule has 5 heteroatoms. The lowest BCUT2D eigenvalue weighted by molar-refractivity contribution is -0.898. The number of nitrogens with zero attached hydrogens (tertiary/aromatic N) is 1. The Balaban J connectivity index is 0.000000255. The van der Waals surface area contributed by atoms with E-state index in [9.17, 15) is 9.90 Å². The summed E-state index contributed by atoms with van der Waals surface area (Å²) in [6, 6.07) is 0. The van der Waals surface area contributed by atoms with E-state index in [0.717, 1.165) is 17.7 Å². The molecule has 0 aromatic heterocycles. The number of likely N-dealkylation sites (N-methyl/N-ethyl adjacent to an activating group) is 1. The molecule has 1 rings (SSSR count). The summed E-state index contributed by atoms with van der Waals surface area (Å²) in [4.78, 5) is 9.36. The molecule has 1 saturated heterocycles. The number of morpholine rings is 1. The van der Waals surface area contributed by atoms with Crippen LogP contribution in [-0.2, 0) is 14.3 Å². The standard InChI is InChI=1S/C6H14NO.C3H6O3/c1-7(2)3-5-8-6-4-7;1-6-2-3(4)5/h3-6H2,1-2H3;2H2,1H3,(H,4,5)/q+1;/p-1. The second-order valence-electron chi connectivity index (χ2n) is 3.80. The molecule has 1 aliphatic rings. The molecule has 0 aromatic rings. The summed E-state index contributed by atoms with van der Waals surface area (Å²) in [5.41, 5.74) is 0. The molecule has 14 heavy (non-hydrogen) atoms. The maximum absolute atomic E-state index is 9.36. The number of quaternary nitrogens is 1. The van der Waals surface area contributed by atoms with Crippen LogP contribution in [0.25, 0.3) is 0 Å². The van der Waals surface area contributed by atoms with Crippen LogP contribution in [-0.4, -0.2) is 64.6 Å². The fourth-order valence-corrected chi connectivity index (χ4v) is 0.955. The number of carboxylic acids is 1. The van der Waals surface area contributed by atoms with Gasteiger partial charge in [-0.05, 0) is 0 Å². The molecule has 1 heterocycles. The molecule has 0 bridgehead atoms. The van der Waals surface area contributed by atoms with E-state index in [-0.39, 0.29) is 6.61 Å². The monoisotopic (exact) mass is 205 g/mol. The van der Waals surface area contributed by atoms with Gasteiger partial charge in [0.05, 0.1) is 39.9 Å². The van der Waals surface area contributed by atoms with Gasteiger partial charge in [-0.1, -0.05) is 0 Å². The van der Waals surface area contributed by atoms with Crippen molar-refractivity contribution in [2.75, 3.05) is 54.1 Å². The zero-order chi connectivity index (χ0) is 11.0. The van der Waals surface area contributed by atoms with Crippen LogP contribution in [0.1, 0.15) is 0 Å². The van der Waals surface area contributed by atoms with Gasteiger partial charge in [-0.2, -0.15) is 0 Å². The highest BCUT2D eigenvalue weighted by Gasteiger charge is 2.18. The van der Waals surface area contributed by atoms with Crippen LogP contribution >= 0.6 is 0 Å². The van der Waals surface area contributed by atoms with Crippen LogP contribution in [0.4, 0.5) is 0 Å². The lowest BCUT2D eigenvalue weighted by atomic mass is 10.4. The van der Waals surface area contributed by atoms with E-state index in [4.69, 9.17) is 4.74 Å². The third-order valence-corrected chi connectivity index (χ3v) is 1.94. The Kier molecular flexibility index (Phi) is 6.44. The van der Waals surface area contributed by atoms with Gasteiger partial charge in [-0.25, -0.2) is 0 Å². The molecule has 84 valence electrons. The summed E-state index contributed by atoms with van der Waals surface area (Å²) in [6.07, 6.45) is 0. The Morgan fingerprint density at radius 2 is 1.93 bits per heavy atom. The number of ether oxygens (including phenoxy) is 2. The van der Waals surface area contributed by atoms with Gasteiger partial charge in [0.25, 0.3) is 0 Å². The quantitative estimate of drug-likeness (QED) is 0.513. The summed E-state index contributed by atoms with van der Waals surface area (Å²) in [6.45, 7) is 3.89. The van der Waals surface area contributed by atoms with Crippen LogP contribution in [0.15, 0.2) is 0 Å². The second kappa shape index (κ2) is 6.75. The van der Waals surface area contributed by atoms with Gasteiger partial charge in [-0.3, -0.25) is 0 Å². The number of aliphatic carboxylic acids is 1. The van der Waals surface area contributed by atoms with Gasteiger partial charge < -0.3 is 23.9 Å². The van der Waals surface area contributed by atoms with Crippen molar-refractivity contribution in [1.82, 2.24) is 0 Å². The van der Waals surface area contributed by atoms with Crippen molar-refractivity contribution in [3.05, 3.63) is 0 Å². The normalized spacial score (nSPS) is 19.4. The van der Waals surface area contributed by atoms with Gasteiger partial charge in [0.15, 0.2) is 0 Å². The molecule has 1 aliphatic heterocycles. The lowest BCUT2D eigenvalue weighted by Gasteiger charge is -2.33. The first-order chi connectivity index (χ1) is 6.48. The molecule has 0 unspecified atom stereocenters. The molecule has 0 saturated carbocycles. The molecule has 0 aliphatic carbocycles. The largest absolute Gasteiger partial charge is 0.548 e. The topological polar surface area (TPSA) is 58.6 Å². The first kappa shape index (κ1) is 13.4. The van der Waals surface area contributed by atoms with Gasteiger partial charge in [0, 0.05) is 7.11 Å². The highest BCUT2D eigenvalue weighted by atomic mass is 16.5. The Morgan fingerprint density at radius 3 is 2.07 bits per heavy atom. The summed E-state index contributed by atoms with van der Waals surface area (Å²) < 4.78 is 10.5. The number of methoxy groups -OCH3 is 1. The molecule has 0 atom stereocenters. The summed E-state index contributed by atoms with van der Waals surface area (Å²) in [5.74, 6) is -1.18. The molecular weight excluding hydrogens is 186 g/mol. The van der Waals surface area contributed by atoms with Gasteiger partial charge >= 0.3 is 0 Å². The predicted octanol–water partition coefficient (Wildman–Crippen LogP) is -1.52. The minimum atomic E-state index is -1.18. The van der Waals surface area contributed by atoms with Crippen molar-refractivity contribution in [1.29, 1.82) is 0 Å². The van der Waals surface area contributed by atoms with Crippen molar-refractivity contribution in [2.45, 2.75) is 0 Å². The van der Waals surface area contributed by atoms with E-state index in [2.05, 4.69) is 18.8 Å². The third-order valence-electron chi connectivity index (χ3n) is 1.94. The minimum absolute atomic E-state index is 0.319. The van der Waals surface area contributed by atoms with Gasteiger partial charge in [0.2, 0.25) is 0 Å². The number of hydrogen-bond donors (Lipinski definition) is 0. The summed E-state index contributed by atoms with van der Waals surface area (Å²) >= 11 is 0. The predicted molar refractivity (Wildman–Crippen MR) is 49.5 cm³/mol. The smallest absolute Gasteiger partial charge is 0.102 e. The maximum Gasteiger partial charge on any atom is 0.102 e. The average molecular weight is 205 g/mol. The fraction of sp³-hybridized carbons (Fsp3) is 0.889. The average Bonchev–Trinajstić information content (AvgIpc) is 2.04. The first-order valence-corrected chi connectivity index (χ1v) is 4.56. The van der Waals surface area contributed by atoms with Crippen molar-refractivity contribution >= 4 is 5.97 Å². The Bertz CT molecular complexity index is 162. The van der Waals surface area contributed by atoms with Crippen LogP contribution in [0.5, 0.6) is 0 Å². The van der Waals surface area contributed by atoms with E-state index in [1.54, 1.807) is 0 Å². The zero-order valence-electron chi connectivity index (χ0n) is 9.12. The second-order valence-corrected chi connectivity index (χ2v) is 3.80. The molecular formula is C9H19NO4. The molecule has 0 radical (unpaired) electrons. The van der Waals surface area contributed by atoms with Crippen LogP contribution in [0, 0.1) is 0 Å². The Hall–Kier alpha value is -0.650. The molecule has 0 spiro atoms. The number of carboxylic acid groups (broad SMARTS) is 1. The first-order valence-electron chi connectivity index (χ1n) is 4.56. The van der Waals surface area contributed by atoms with Crippen molar-refractivity contribution in [3.63, 3.8) is 0 Å². The van der Waals surface area contributed by atoms with E-state index in [1.165, 1.54) is 20.2 Å². The van der Waals surface area contributed by atoms with Gasteiger partial charge in [0.1, 0.15) is 13.1 Å². The van der Waals surface area contributed by atoms with Crippen molar-refractivity contribution in [2.24, 2.45) is 0 Å². The van der Waals surface area contributed by atoms with E-state index >= 15 is 0 Å². The van der Waals surface area contributed by atoms with E-state index < -0.39 is 5.97 Å². The summed E-state index contributed by atoms with van der Waals surface area (Å²) in [5, 5.41) is 9.36. The molecule has 0 amide bonds. The third kappa shape index (κ3) is 7.97. The number of rotatable bonds is 2. The minimum Gasteiger partial charge on any atom is -0.548 e.